The Bertz CT molecular complexity index is 544. The summed E-state index contributed by atoms with van der Waals surface area (Å²) in [6, 6.07) is 2.85. The number of piperidine rings is 1. The highest BCUT2D eigenvalue weighted by Gasteiger charge is 2.40. The molecule has 2 amide bonds. The van der Waals surface area contributed by atoms with Crippen molar-refractivity contribution >= 4 is 11.7 Å². The van der Waals surface area contributed by atoms with Crippen LogP contribution in [0.25, 0.3) is 0 Å². The van der Waals surface area contributed by atoms with E-state index in [0.29, 0.717) is 13.1 Å². The van der Waals surface area contributed by atoms with Gasteiger partial charge in [-0.2, -0.15) is 0 Å². The van der Waals surface area contributed by atoms with Gasteiger partial charge in [0.05, 0.1) is 5.69 Å². The third kappa shape index (κ3) is 3.00. The van der Waals surface area contributed by atoms with E-state index in [1.165, 1.54) is 6.07 Å². The van der Waals surface area contributed by atoms with E-state index in [0.717, 1.165) is 44.5 Å². The highest BCUT2D eigenvalue weighted by Crippen LogP contribution is 2.38. The maximum atomic E-state index is 13.6. The standard InChI is InChI=1S/C15H19F2N3O/c16-11-1-2-13(12(17)9-11)19-14(21)20-8-5-15(10-20)3-6-18-7-4-15/h1-2,9,18H,3-8,10H2,(H,19,21). The lowest BCUT2D eigenvalue weighted by molar-refractivity contribution is 0.191. The molecule has 0 bridgehead atoms. The average molecular weight is 295 g/mol. The number of urea groups is 1. The van der Waals surface area contributed by atoms with Crippen LogP contribution in [-0.4, -0.2) is 37.1 Å². The van der Waals surface area contributed by atoms with Crippen molar-refractivity contribution in [2.24, 2.45) is 5.41 Å². The summed E-state index contributed by atoms with van der Waals surface area (Å²) >= 11 is 0. The molecule has 21 heavy (non-hydrogen) atoms. The molecule has 0 saturated carbocycles. The van der Waals surface area contributed by atoms with Gasteiger partial charge in [-0.05, 0) is 49.9 Å². The van der Waals surface area contributed by atoms with E-state index >= 15 is 0 Å². The number of hydrogen-bond donors (Lipinski definition) is 2. The van der Waals surface area contributed by atoms with E-state index in [4.69, 9.17) is 0 Å². The van der Waals surface area contributed by atoms with Crippen LogP contribution >= 0.6 is 0 Å². The van der Waals surface area contributed by atoms with Crippen molar-refractivity contribution in [1.29, 1.82) is 0 Å². The summed E-state index contributed by atoms with van der Waals surface area (Å²) in [5.41, 5.74) is 0.233. The molecule has 1 aromatic carbocycles. The van der Waals surface area contributed by atoms with Crippen molar-refractivity contribution in [3.8, 4) is 0 Å². The maximum absolute atomic E-state index is 13.6. The molecule has 0 aliphatic carbocycles. The molecule has 114 valence electrons. The van der Waals surface area contributed by atoms with Gasteiger partial charge in [0.25, 0.3) is 0 Å². The smallest absolute Gasteiger partial charge is 0.321 e. The lowest BCUT2D eigenvalue weighted by Crippen LogP contribution is -2.40. The number of halogens is 2. The van der Waals surface area contributed by atoms with Gasteiger partial charge in [0, 0.05) is 19.2 Å². The molecule has 0 aromatic heterocycles. The summed E-state index contributed by atoms with van der Waals surface area (Å²) in [6.45, 7) is 3.38. The molecule has 0 radical (unpaired) electrons. The fourth-order valence-corrected chi connectivity index (χ4v) is 3.26. The van der Waals surface area contributed by atoms with Crippen LogP contribution in [0.15, 0.2) is 18.2 Å². The molecule has 1 aromatic rings. The predicted molar refractivity (Wildman–Crippen MR) is 76.1 cm³/mol. The number of rotatable bonds is 1. The maximum Gasteiger partial charge on any atom is 0.321 e. The molecule has 3 rings (SSSR count). The summed E-state index contributed by atoms with van der Waals surface area (Å²) in [5, 5.41) is 5.86. The lowest BCUT2D eigenvalue weighted by Gasteiger charge is -2.33. The van der Waals surface area contributed by atoms with Gasteiger partial charge in [-0.15, -0.1) is 0 Å². The first-order valence-electron chi connectivity index (χ1n) is 7.30. The summed E-state index contributed by atoms with van der Waals surface area (Å²) in [5.74, 6) is -1.40. The summed E-state index contributed by atoms with van der Waals surface area (Å²) < 4.78 is 26.4. The van der Waals surface area contributed by atoms with Crippen LogP contribution in [0.4, 0.5) is 19.3 Å². The first-order chi connectivity index (χ1) is 10.1. The summed E-state index contributed by atoms with van der Waals surface area (Å²) in [6.07, 6.45) is 3.14. The molecular formula is C15H19F2N3O. The van der Waals surface area contributed by atoms with Crippen molar-refractivity contribution in [3.63, 3.8) is 0 Å². The van der Waals surface area contributed by atoms with Gasteiger partial charge < -0.3 is 15.5 Å². The molecule has 2 aliphatic rings. The van der Waals surface area contributed by atoms with Crippen LogP contribution < -0.4 is 10.6 Å². The Morgan fingerprint density at radius 3 is 2.71 bits per heavy atom. The van der Waals surface area contributed by atoms with Crippen molar-refractivity contribution in [2.45, 2.75) is 19.3 Å². The van der Waals surface area contributed by atoms with Crippen molar-refractivity contribution in [3.05, 3.63) is 29.8 Å². The SMILES string of the molecule is O=C(Nc1ccc(F)cc1F)N1CCC2(CCNCC2)C1. The minimum absolute atomic E-state index is 0.0210. The molecule has 6 heteroatoms. The van der Waals surface area contributed by atoms with Gasteiger partial charge in [-0.1, -0.05) is 0 Å². The van der Waals surface area contributed by atoms with Gasteiger partial charge in [-0.25, -0.2) is 13.6 Å². The van der Waals surface area contributed by atoms with Crippen molar-refractivity contribution < 1.29 is 13.6 Å². The van der Waals surface area contributed by atoms with Gasteiger partial charge in [0.2, 0.25) is 0 Å². The van der Waals surface area contributed by atoms with E-state index < -0.39 is 11.6 Å². The number of carbonyl (C=O) groups is 1. The lowest BCUT2D eigenvalue weighted by atomic mass is 9.78. The number of nitrogens with zero attached hydrogens (tertiary/aromatic N) is 1. The summed E-state index contributed by atoms with van der Waals surface area (Å²) in [7, 11) is 0. The average Bonchev–Trinajstić information content (AvgIpc) is 2.86. The van der Waals surface area contributed by atoms with Crippen LogP contribution in [0.1, 0.15) is 19.3 Å². The minimum Gasteiger partial charge on any atom is -0.324 e. The Balaban J connectivity index is 1.64. The second-order valence-corrected chi connectivity index (χ2v) is 5.98. The Morgan fingerprint density at radius 1 is 1.24 bits per heavy atom. The highest BCUT2D eigenvalue weighted by molar-refractivity contribution is 5.89. The van der Waals surface area contributed by atoms with Gasteiger partial charge >= 0.3 is 6.03 Å². The van der Waals surface area contributed by atoms with Crippen LogP contribution in [-0.2, 0) is 0 Å². The number of nitrogens with one attached hydrogen (secondary N) is 2. The fourth-order valence-electron chi connectivity index (χ4n) is 3.26. The van der Waals surface area contributed by atoms with Gasteiger partial charge in [0.15, 0.2) is 0 Å². The first-order valence-corrected chi connectivity index (χ1v) is 7.30. The molecule has 2 aliphatic heterocycles. The molecule has 2 N–H and O–H groups in total. The monoisotopic (exact) mass is 295 g/mol. The molecule has 2 fully saturated rings. The molecular weight excluding hydrogens is 276 g/mol. The number of amides is 2. The van der Waals surface area contributed by atoms with Gasteiger partial charge in [0.1, 0.15) is 11.6 Å². The molecule has 2 saturated heterocycles. The third-order valence-electron chi connectivity index (χ3n) is 4.56. The highest BCUT2D eigenvalue weighted by atomic mass is 19.1. The first kappa shape index (κ1) is 14.3. The topological polar surface area (TPSA) is 44.4 Å². The third-order valence-corrected chi connectivity index (χ3v) is 4.56. The second-order valence-electron chi connectivity index (χ2n) is 5.98. The molecule has 1 spiro atoms. The molecule has 4 nitrogen and oxygen atoms in total. The Hall–Kier alpha value is -1.69. The molecule has 0 unspecified atom stereocenters. The Morgan fingerprint density at radius 2 is 2.00 bits per heavy atom. The minimum atomic E-state index is -0.751. The van der Waals surface area contributed by atoms with E-state index in [1.807, 2.05) is 0 Å². The fraction of sp³-hybridized carbons (Fsp3) is 0.533. The van der Waals surface area contributed by atoms with E-state index in [1.54, 1.807) is 4.90 Å². The van der Waals surface area contributed by atoms with Gasteiger partial charge in [-0.3, -0.25) is 0 Å². The number of anilines is 1. The quantitative estimate of drug-likeness (QED) is 0.836. The number of benzene rings is 1. The normalized spacial score (nSPS) is 20.8. The van der Waals surface area contributed by atoms with E-state index in [2.05, 4.69) is 10.6 Å². The predicted octanol–water partition coefficient (Wildman–Crippen LogP) is 2.57. The van der Waals surface area contributed by atoms with Crippen LogP contribution in [0.5, 0.6) is 0 Å². The van der Waals surface area contributed by atoms with Crippen molar-refractivity contribution in [1.82, 2.24) is 10.2 Å². The number of hydrogen-bond acceptors (Lipinski definition) is 2. The van der Waals surface area contributed by atoms with Crippen LogP contribution in [0.3, 0.4) is 0 Å². The second kappa shape index (κ2) is 5.60. The zero-order valence-electron chi connectivity index (χ0n) is 11.8. The summed E-state index contributed by atoms with van der Waals surface area (Å²) in [4.78, 5) is 13.9. The molecule has 0 atom stereocenters. The molecule has 2 heterocycles. The van der Waals surface area contributed by atoms with Crippen molar-refractivity contribution in [2.75, 3.05) is 31.5 Å². The Labute approximate surface area is 122 Å². The zero-order valence-corrected chi connectivity index (χ0v) is 11.8. The van der Waals surface area contributed by atoms with Crippen LogP contribution in [0.2, 0.25) is 0 Å². The number of likely N-dealkylation sites (tertiary alicyclic amines) is 1. The van der Waals surface area contributed by atoms with Crippen LogP contribution in [0, 0.1) is 17.0 Å². The van der Waals surface area contributed by atoms with E-state index in [9.17, 15) is 13.6 Å². The number of carbonyl (C=O) groups excluding carboxylic acids is 1. The zero-order chi connectivity index (χ0) is 14.9. The Kier molecular flexibility index (Phi) is 3.80. The largest absolute Gasteiger partial charge is 0.324 e. The van der Waals surface area contributed by atoms with E-state index in [-0.39, 0.29) is 17.1 Å².